The van der Waals surface area contributed by atoms with E-state index >= 15 is 0 Å². The largest absolute Gasteiger partial charge is 0.444 e. The minimum Gasteiger partial charge on any atom is -0.444 e. The molecule has 0 unspecified atom stereocenters. The van der Waals surface area contributed by atoms with Crippen molar-refractivity contribution in [3.8, 4) is 11.8 Å². The van der Waals surface area contributed by atoms with Gasteiger partial charge in [-0.25, -0.2) is 4.79 Å². The van der Waals surface area contributed by atoms with Crippen LogP contribution in [0.1, 0.15) is 52.2 Å². The molecule has 0 bridgehead atoms. The molecule has 0 radical (unpaired) electrons. The van der Waals surface area contributed by atoms with E-state index in [0.29, 0.717) is 13.1 Å². The minimum absolute atomic E-state index is 0.0180. The molecule has 140 valence electrons. The molecule has 1 aromatic rings. The van der Waals surface area contributed by atoms with Crippen molar-refractivity contribution in [2.45, 2.75) is 53.2 Å². The normalized spacial score (nSPS) is 18.2. The number of carbonyl (C=O) groups is 1. The number of aliphatic hydroxyl groups is 1. The Balaban J connectivity index is 2.07. The van der Waals surface area contributed by atoms with Crippen LogP contribution < -0.4 is 0 Å². The Morgan fingerprint density at radius 1 is 1.38 bits per heavy atom. The van der Waals surface area contributed by atoms with Gasteiger partial charge in [0, 0.05) is 24.1 Å². The number of amides is 1. The van der Waals surface area contributed by atoms with Crippen LogP contribution in [0.5, 0.6) is 0 Å². The zero-order valence-corrected chi connectivity index (χ0v) is 16.4. The number of ether oxygens (including phenoxy) is 1. The predicted octanol–water partition coefficient (Wildman–Crippen LogP) is 4.12. The first kappa shape index (κ1) is 20.1. The monoisotopic (exact) mass is 355 g/mol. The van der Waals surface area contributed by atoms with Gasteiger partial charge in [0.1, 0.15) is 5.60 Å². The van der Waals surface area contributed by atoms with Crippen LogP contribution in [-0.4, -0.2) is 34.8 Å². The molecule has 1 N–H and O–H groups in total. The highest BCUT2D eigenvalue weighted by atomic mass is 16.6. The van der Waals surface area contributed by atoms with Gasteiger partial charge in [0.2, 0.25) is 0 Å². The molecule has 0 saturated carbocycles. The number of rotatable bonds is 1. The van der Waals surface area contributed by atoms with E-state index in [1.165, 1.54) is 5.57 Å². The van der Waals surface area contributed by atoms with E-state index in [1.54, 1.807) is 4.90 Å². The fourth-order valence-electron chi connectivity index (χ4n) is 2.96. The Morgan fingerprint density at radius 3 is 2.73 bits per heavy atom. The van der Waals surface area contributed by atoms with E-state index in [0.717, 1.165) is 17.5 Å². The number of carbonyl (C=O) groups excluding carboxylic acids is 1. The molecular weight excluding hydrogens is 326 g/mol. The first-order chi connectivity index (χ1) is 12.1. The van der Waals surface area contributed by atoms with Crippen molar-refractivity contribution >= 4 is 6.09 Å². The number of nitrogens with zero attached hydrogens (tertiary/aromatic N) is 1. The van der Waals surface area contributed by atoms with Crippen LogP contribution in [0.25, 0.3) is 0 Å². The summed E-state index contributed by atoms with van der Waals surface area (Å²) in [5.41, 5.74) is 2.36. The molecule has 4 heteroatoms. The second-order valence-electron chi connectivity index (χ2n) is 8.33. The summed E-state index contributed by atoms with van der Waals surface area (Å²) >= 11 is 0. The number of benzene rings is 1. The molecule has 0 atom stereocenters. The van der Waals surface area contributed by atoms with Gasteiger partial charge in [0.25, 0.3) is 0 Å². The molecule has 4 nitrogen and oxygen atoms in total. The van der Waals surface area contributed by atoms with Gasteiger partial charge >= 0.3 is 6.09 Å². The molecule has 2 rings (SSSR count). The van der Waals surface area contributed by atoms with Crippen molar-refractivity contribution in [2.24, 2.45) is 5.41 Å². The molecule has 0 aliphatic carbocycles. The zero-order valence-electron chi connectivity index (χ0n) is 16.4. The highest BCUT2D eigenvalue weighted by Crippen LogP contribution is 2.34. The highest BCUT2D eigenvalue weighted by molar-refractivity contribution is 5.68. The smallest absolute Gasteiger partial charge is 0.410 e. The molecule has 1 aromatic carbocycles. The maximum Gasteiger partial charge on any atom is 0.410 e. The third-order valence-corrected chi connectivity index (χ3v) is 4.33. The highest BCUT2D eigenvalue weighted by Gasteiger charge is 2.34. The van der Waals surface area contributed by atoms with Crippen molar-refractivity contribution in [1.82, 2.24) is 4.90 Å². The van der Waals surface area contributed by atoms with Crippen molar-refractivity contribution in [3.63, 3.8) is 0 Å². The summed E-state index contributed by atoms with van der Waals surface area (Å²) in [4.78, 5) is 14.1. The van der Waals surface area contributed by atoms with Crippen LogP contribution in [0.15, 0.2) is 35.9 Å². The van der Waals surface area contributed by atoms with Gasteiger partial charge in [0.15, 0.2) is 0 Å². The summed E-state index contributed by atoms with van der Waals surface area (Å²) < 4.78 is 5.49. The molecule has 1 amide bonds. The van der Waals surface area contributed by atoms with Crippen LogP contribution in [0, 0.1) is 17.3 Å². The van der Waals surface area contributed by atoms with Crippen molar-refractivity contribution < 1.29 is 14.6 Å². The van der Waals surface area contributed by atoms with Gasteiger partial charge in [-0.05, 0) is 51.0 Å². The molecule has 1 fully saturated rings. The molecule has 0 aromatic heterocycles. The number of aliphatic hydroxyl groups excluding tert-OH is 1. The summed E-state index contributed by atoms with van der Waals surface area (Å²) in [6.45, 7) is 11.2. The average Bonchev–Trinajstić information content (AvgIpc) is 2.54. The summed E-state index contributed by atoms with van der Waals surface area (Å²) in [7, 11) is 0. The topological polar surface area (TPSA) is 49.8 Å². The maximum atomic E-state index is 12.3. The van der Waals surface area contributed by atoms with Crippen LogP contribution in [-0.2, 0) is 11.3 Å². The standard InChI is InChI=1S/C22H29NO3/c1-21(2,3)26-20(25)23-13-12-19(22(4,5)16-23)11-7-9-17-8-6-10-18(14-17)15-24/h6,8,10-11,14,24H,12-13,15-16H2,1-5H3/b19-11+. The number of likely N-dealkylation sites (tertiary alicyclic amines) is 1. The third-order valence-electron chi connectivity index (χ3n) is 4.33. The lowest BCUT2D eigenvalue weighted by molar-refractivity contribution is 0.0157. The summed E-state index contributed by atoms with van der Waals surface area (Å²) in [6, 6.07) is 7.59. The van der Waals surface area contributed by atoms with Crippen LogP contribution >= 0.6 is 0 Å². The van der Waals surface area contributed by atoms with E-state index in [9.17, 15) is 9.90 Å². The van der Waals surface area contributed by atoms with Gasteiger partial charge in [-0.15, -0.1) is 0 Å². The first-order valence-electron chi connectivity index (χ1n) is 8.99. The zero-order chi connectivity index (χ0) is 19.4. The summed E-state index contributed by atoms with van der Waals surface area (Å²) in [6.07, 6.45) is 2.51. The number of hydrogen-bond donors (Lipinski definition) is 1. The molecule has 0 spiro atoms. The second-order valence-corrected chi connectivity index (χ2v) is 8.33. The van der Waals surface area contributed by atoms with E-state index in [1.807, 2.05) is 51.1 Å². The lowest BCUT2D eigenvalue weighted by atomic mass is 9.79. The Labute approximate surface area is 156 Å². The number of hydrogen-bond acceptors (Lipinski definition) is 3. The Kier molecular flexibility index (Phi) is 6.15. The van der Waals surface area contributed by atoms with Gasteiger partial charge < -0.3 is 14.7 Å². The molecule has 26 heavy (non-hydrogen) atoms. The van der Waals surface area contributed by atoms with Gasteiger partial charge in [-0.3, -0.25) is 0 Å². The maximum absolute atomic E-state index is 12.3. The first-order valence-corrected chi connectivity index (χ1v) is 8.99. The summed E-state index contributed by atoms with van der Waals surface area (Å²) in [5.74, 6) is 6.26. The fraction of sp³-hybridized carbons (Fsp3) is 0.500. The Morgan fingerprint density at radius 2 is 2.12 bits per heavy atom. The van der Waals surface area contributed by atoms with Gasteiger partial charge in [-0.1, -0.05) is 43.4 Å². The average molecular weight is 355 g/mol. The van der Waals surface area contributed by atoms with Crippen molar-refractivity contribution in [3.05, 3.63) is 47.0 Å². The fourth-order valence-corrected chi connectivity index (χ4v) is 2.96. The van der Waals surface area contributed by atoms with Crippen molar-refractivity contribution in [2.75, 3.05) is 13.1 Å². The van der Waals surface area contributed by atoms with Gasteiger partial charge in [0.05, 0.1) is 6.61 Å². The van der Waals surface area contributed by atoms with E-state index in [4.69, 9.17) is 4.74 Å². The minimum atomic E-state index is -0.480. The van der Waals surface area contributed by atoms with Crippen LogP contribution in [0.3, 0.4) is 0 Å². The second kappa shape index (κ2) is 7.97. The Hall–Kier alpha value is -2.25. The van der Waals surface area contributed by atoms with Crippen LogP contribution in [0.4, 0.5) is 4.79 Å². The van der Waals surface area contributed by atoms with E-state index in [2.05, 4.69) is 25.7 Å². The molecule has 1 heterocycles. The number of allylic oxidation sites excluding steroid dienone is 1. The van der Waals surface area contributed by atoms with Gasteiger partial charge in [-0.2, -0.15) is 0 Å². The van der Waals surface area contributed by atoms with E-state index in [-0.39, 0.29) is 18.1 Å². The quantitative estimate of drug-likeness (QED) is 0.771. The summed E-state index contributed by atoms with van der Waals surface area (Å²) in [5, 5.41) is 9.20. The SMILES string of the molecule is CC(C)(C)OC(=O)N1CC/C(=C\C#Cc2cccc(CO)c2)C(C)(C)C1. The Bertz CT molecular complexity index is 745. The molecule has 1 saturated heterocycles. The molecule has 1 aliphatic rings. The lowest BCUT2D eigenvalue weighted by Gasteiger charge is -2.40. The predicted molar refractivity (Wildman–Crippen MR) is 104 cm³/mol. The third kappa shape index (κ3) is 5.64. The van der Waals surface area contributed by atoms with Crippen LogP contribution in [0.2, 0.25) is 0 Å². The van der Waals surface area contributed by atoms with Crippen molar-refractivity contribution in [1.29, 1.82) is 0 Å². The molecular formula is C22H29NO3. The molecule has 1 aliphatic heterocycles. The van der Waals surface area contributed by atoms with E-state index < -0.39 is 5.60 Å². The number of piperidine rings is 1. The lowest BCUT2D eigenvalue weighted by Crippen LogP contribution is -2.46.